The summed E-state index contributed by atoms with van der Waals surface area (Å²) in [6, 6.07) is 1.29. The number of carbonyl (C=O) groups is 1. The fraction of sp³-hybridized carbons (Fsp3) is 0. The molecular formula is C6H7BN2O3. The van der Waals surface area contributed by atoms with Crippen LogP contribution in [0.5, 0.6) is 0 Å². The Labute approximate surface area is 69.0 Å². The molecule has 4 N–H and O–H groups in total. The molecule has 0 atom stereocenters. The Morgan fingerprint density at radius 3 is 2.67 bits per heavy atom. The van der Waals surface area contributed by atoms with Crippen molar-refractivity contribution in [3.05, 3.63) is 18.0 Å². The van der Waals surface area contributed by atoms with Gasteiger partial charge in [0, 0.05) is 11.7 Å². The molecule has 1 rings (SSSR count). The standard InChI is InChI=1S/C6H7BN2O3/c8-5-1-4(7(11)12)2-9-6(5)3-10/h1-3,11-12H,8H2. The number of rotatable bonds is 2. The predicted octanol–water partition coefficient (Wildman–Crippen LogP) is -1.84. The van der Waals surface area contributed by atoms with E-state index in [2.05, 4.69) is 4.98 Å². The third kappa shape index (κ3) is 1.61. The highest BCUT2D eigenvalue weighted by Crippen LogP contribution is 2.01. The van der Waals surface area contributed by atoms with E-state index in [0.29, 0.717) is 6.29 Å². The van der Waals surface area contributed by atoms with Gasteiger partial charge in [-0.05, 0) is 6.07 Å². The van der Waals surface area contributed by atoms with E-state index < -0.39 is 7.12 Å². The van der Waals surface area contributed by atoms with Crippen LogP contribution in [0.3, 0.4) is 0 Å². The van der Waals surface area contributed by atoms with Crippen molar-refractivity contribution < 1.29 is 14.8 Å². The van der Waals surface area contributed by atoms with E-state index in [1.807, 2.05) is 0 Å². The van der Waals surface area contributed by atoms with Gasteiger partial charge in [0.05, 0.1) is 5.69 Å². The number of nitrogens with two attached hydrogens (primary N) is 1. The smallest absolute Gasteiger partial charge is 0.423 e. The van der Waals surface area contributed by atoms with Crippen LogP contribution in [-0.2, 0) is 0 Å². The Kier molecular flexibility index (Phi) is 2.42. The van der Waals surface area contributed by atoms with E-state index in [0.717, 1.165) is 0 Å². The van der Waals surface area contributed by atoms with Gasteiger partial charge in [0.2, 0.25) is 0 Å². The summed E-state index contributed by atoms with van der Waals surface area (Å²) < 4.78 is 0. The molecule has 12 heavy (non-hydrogen) atoms. The van der Waals surface area contributed by atoms with Crippen molar-refractivity contribution in [1.82, 2.24) is 4.98 Å². The number of nitrogen functional groups attached to an aromatic ring is 1. The van der Waals surface area contributed by atoms with Crippen LogP contribution in [0.1, 0.15) is 10.5 Å². The van der Waals surface area contributed by atoms with Crippen molar-refractivity contribution in [3.63, 3.8) is 0 Å². The molecule has 0 aliphatic carbocycles. The molecule has 1 heterocycles. The Balaban J connectivity index is 3.10. The number of aldehydes is 1. The molecular weight excluding hydrogens is 159 g/mol. The molecule has 0 aliphatic rings. The summed E-state index contributed by atoms with van der Waals surface area (Å²) >= 11 is 0. The highest BCUT2D eigenvalue weighted by molar-refractivity contribution is 6.58. The van der Waals surface area contributed by atoms with Gasteiger partial charge in [0.15, 0.2) is 6.29 Å². The van der Waals surface area contributed by atoms with Gasteiger partial charge >= 0.3 is 7.12 Å². The highest BCUT2D eigenvalue weighted by Gasteiger charge is 2.12. The van der Waals surface area contributed by atoms with E-state index >= 15 is 0 Å². The van der Waals surface area contributed by atoms with Gasteiger partial charge in [-0.25, -0.2) is 0 Å². The number of aromatic nitrogens is 1. The summed E-state index contributed by atoms with van der Waals surface area (Å²) in [5.74, 6) is 0. The Morgan fingerprint density at radius 1 is 1.58 bits per heavy atom. The van der Waals surface area contributed by atoms with E-state index in [9.17, 15) is 4.79 Å². The summed E-state index contributed by atoms with van der Waals surface area (Å²) in [6.45, 7) is 0. The SMILES string of the molecule is Nc1cc(B(O)O)cnc1C=O. The van der Waals surface area contributed by atoms with Crippen molar-refractivity contribution in [1.29, 1.82) is 0 Å². The molecule has 0 bridgehead atoms. The number of carbonyl (C=O) groups excluding carboxylic acids is 1. The van der Waals surface area contributed by atoms with E-state index in [1.165, 1.54) is 12.3 Å². The molecule has 1 aromatic rings. The first-order valence-electron chi connectivity index (χ1n) is 3.22. The molecule has 5 nitrogen and oxygen atoms in total. The fourth-order valence-electron chi connectivity index (χ4n) is 0.749. The van der Waals surface area contributed by atoms with Gasteiger partial charge in [-0.2, -0.15) is 0 Å². The van der Waals surface area contributed by atoms with Crippen molar-refractivity contribution in [2.24, 2.45) is 0 Å². The predicted molar refractivity (Wildman–Crippen MR) is 43.9 cm³/mol. The van der Waals surface area contributed by atoms with Crippen LogP contribution in [-0.4, -0.2) is 28.4 Å². The summed E-state index contributed by atoms with van der Waals surface area (Å²) in [7, 11) is -1.61. The van der Waals surface area contributed by atoms with Crippen LogP contribution in [0.15, 0.2) is 12.3 Å². The van der Waals surface area contributed by atoms with Gasteiger partial charge in [0.1, 0.15) is 5.69 Å². The van der Waals surface area contributed by atoms with Crippen LogP contribution < -0.4 is 11.2 Å². The molecule has 1 aromatic heterocycles. The van der Waals surface area contributed by atoms with Gasteiger partial charge in [-0.15, -0.1) is 0 Å². The Morgan fingerprint density at radius 2 is 2.25 bits per heavy atom. The van der Waals surface area contributed by atoms with Gasteiger partial charge < -0.3 is 15.8 Å². The lowest BCUT2D eigenvalue weighted by atomic mass is 9.81. The first kappa shape index (κ1) is 8.70. The molecule has 0 aliphatic heterocycles. The normalized spacial score (nSPS) is 9.50. The van der Waals surface area contributed by atoms with Crippen LogP contribution >= 0.6 is 0 Å². The molecule has 0 saturated carbocycles. The molecule has 0 spiro atoms. The van der Waals surface area contributed by atoms with Crippen LogP contribution in [0, 0.1) is 0 Å². The summed E-state index contributed by atoms with van der Waals surface area (Å²) in [5, 5.41) is 17.4. The Hall–Kier alpha value is -1.40. The van der Waals surface area contributed by atoms with Crippen LogP contribution in [0.4, 0.5) is 5.69 Å². The second-order valence-corrected chi connectivity index (χ2v) is 2.23. The largest absolute Gasteiger partial charge is 0.490 e. The zero-order chi connectivity index (χ0) is 9.14. The minimum Gasteiger partial charge on any atom is -0.423 e. The van der Waals surface area contributed by atoms with Crippen molar-refractivity contribution in [2.45, 2.75) is 0 Å². The van der Waals surface area contributed by atoms with Crippen molar-refractivity contribution in [3.8, 4) is 0 Å². The maximum Gasteiger partial charge on any atom is 0.490 e. The average Bonchev–Trinajstić information content (AvgIpc) is 2.04. The highest BCUT2D eigenvalue weighted by atomic mass is 16.4. The Bertz CT molecular complexity index is 303. The molecule has 0 unspecified atom stereocenters. The van der Waals surface area contributed by atoms with Crippen molar-refractivity contribution in [2.75, 3.05) is 5.73 Å². The monoisotopic (exact) mass is 166 g/mol. The zero-order valence-electron chi connectivity index (χ0n) is 6.14. The first-order valence-corrected chi connectivity index (χ1v) is 3.22. The molecule has 0 aromatic carbocycles. The number of hydrogen-bond donors (Lipinski definition) is 3. The van der Waals surface area contributed by atoms with E-state index in [4.69, 9.17) is 15.8 Å². The van der Waals surface area contributed by atoms with Crippen molar-refractivity contribution >= 4 is 24.6 Å². The third-order valence-corrected chi connectivity index (χ3v) is 1.38. The number of nitrogens with zero attached hydrogens (tertiary/aromatic N) is 1. The quantitative estimate of drug-likeness (QED) is 0.354. The molecule has 0 fully saturated rings. The number of hydrogen-bond acceptors (Lipinski definition) is 5. The second-order valence-electron chi connectivity index (χ2n) is 2.23. The number of anilines is 1. The van der Waals surface area contributed by atoms with E-state index in [-0.39, 0.29) is 16.8 Å². The number of pyridine rings is 1. The molecule has 0 amide bonds. The maximum absolute atomic E-state index is 10.2. The minimum absolute atomic E-state index is 0.0967. The second kappa shape index (κ2) is 3.33. The molecule has 0 radical (unpaired) electrons. The summed E-state index contributed by atoms with van der Waals surface area (Å²) in [6.07, 6.45) is 1.69. The lowest BCUT2D eigenvalue weighted by Gasteiger charge is -2.01. The summed E-state index contributed by atoms with van der Waals surface area (Å²) in [4.78, 5) is 13.8. The maximum atomic E-state index is 10.2. The third-order valence-electron chi connectivity index (χ3n) is 1.38. The molecule has 6 heteroatoms. The lowest BCUT2D eigenvalue weighted by Crippen LogP contribution is -2.30. The zero-order valence-corrected chi connectivity index (χ0v) is 6.14. The average molecular weight is 166 g/mol. The van der Waals surface area contributed by atoms with Gasteiger partial charge in [-0.1, -0.05) is 0 Å². The van der Waals surface area contributed by atoms with Gasteiger partial charge in [0.25, 0.3) is 0 Å². The van der Waals surface area contributed by atoms with Gasteiger partial charge in [-0.3, -0.25) is 9.78 Å². The fourth-order valence-corrected chi connectivity index (χ4v) is 0.749. The minimum atomic E-state index is -1.61. The summed E-state index contributed by atoms with van der Waals surface area (Å²) in [5.41, 5.74) is 5.75. The van der Waals surface area contributed by atoms with E-state index in [1.54, 1.807) is 0 Å². The van der Waals surface area contributed by atoms with Crippen LogP contribution in [0.25, 0.3) is 0 Å². The first-order chi connectivity index (χ1) is 5.65. The van der Waals surface area contributed by atoms with Crippen LogP contribution in [0.2, 0.25) is 0 Å². The molecule has 0 saturated heterocycles. The molecule has 62 valence electrons. The topological polar surface area (TPSA) is 96.4 Å². The lowest BCUT2D eigenvalue weighted by molar-refractivity contribution is 0.112.